The first-order valence-corrected chi connectivity index (χ1v) is 6.61. The maximum atomic E-state index is 11.9. The highest BCUT2D eigenvalue weighted by Gasteiger charge is 2.19. The molecule has 0 aromatic heterocycles. The average Bonchev–Trinajstić information content (AvgIpc) is 2.42. The molecule has 19 heavy (non-hydrogen) atoms. The molecule has 1 aromatic rings. The molecule has 106 valence electrons. The fourth-order valence-corrected chi connectivity index (χ4v) is 1.59. The van der Waals surface area contributed by atoms with Crippen LogP contribution in [-0.4, -0.2) is 29.8 Å². The average molecular weight is 265 g/mol. The first-order valence-electron chi connectivity index (χ1n) is 6.61. The van der Waals surface area contributed by atoms with Crippen molar-refractivity contribution < 1.29 is 14.6 Å². The van der Waals surface area contributed by atoms with Gasteiger partial charge in [-0.15, -0.1) is 0 Å². The molecule has 4 nitrogen and oxygen atoms in total. The summed E-state index contributed by atoms with van der Waals surface area (Å²) >= 11 is 0. The zero-order valence-corrected chi connectivity index (χ0v) is 11.8. The van der Waals surface area contributed by atoms with E-state index in [9.17, 15) is 9.90 Å². The molecule has 0 aliphatic heterocycles. The monoisotopic (exact) mass is 265 g/mol. The fraction of sp³-hybridized carbons (Fsp3) is 0.533. The van der Waals surface area contributed by atoms with Gasteiger partial charge in [0.1, 0.15) is 6.10 Å². The predicted octanol–water partition coefficient (Wildman–Crippen LogP) is 1.72. The summed E-state index contributed by atoms with van der Waals surface area (Å²) in [5.41, 5.74) is 1.03. The maximum Gasteiger partial charge on any atom is 0.249 e. The molecule has 0 aliphatic rings. The summed E-state index contributed by atoms with van der Waals surface area (Å²) in [7, 11) is 0. The number of hydrogen-bond donors (Lipinski definition) is 2. The molecule has 2 N–H and O–H groups in total. The highest BCUT2D eigenvalue weighted by molar-refractivity contribution is 5.80. The van der Waals surface area contributed by atoms with Crippen LogP contribution >= 0.6 is 0 Å². The van der Waals surface area contributed by atoms with Crippen LogP contribution in [0, 0.1) is 5.92 Å². The number of nitrogens with one attached hydrogen (secondary N) is 1. The van der Waals surface area contributed by atoms with Crippen LogP contribution in [0.25, 0.3) is 0 Å². The number of carbonyl (C=O) groups excluding carboxylic acids is 1. The minimum atomic E-state index is -0.534. The fourth-order valence-electron chi connectivity index (χ4n) is 1.59. The third-order valence-electron chi connectivity index (χ3n) is 3.04. The molecule has 2 unspecified atom stereocenters. The van der Waals surface area contributed by atoms with Crippen molar-refractivity contribution in [1.82, 2.24) is 5.32 Å². The zero-order valence-electron chi connectivity index (χ0n) is 11.8. The number of rotatable bonds is 7. The van der Waals surface area contributed by atoms with Crippen molar-refractivity contribution in [3.8, 4) is 0 Å². The van der Waals surface area contributed by atoms with Crippen LogP contribution in [0.4, 0.5) is 0 Å². The lowest BCUT2D eigenvalue weighted by Crippen LogP contribution is -2.45. The maximum absolute atomic E-state index is 11.9. The Balaban J connectivity index is 2.40. The number of ether oxygens (including phenoxy) is 1. The van der Waals surface area contributed by atoms with Crippen molar-refractivity contribution >= 4 is 5.91 Å². The van der Waals surface area contributed by atoms with E-state index < -0.39 is 6.10 Å². The van der Waals surface area contributed by atoms with Crippen LogP contribution < -0.4 is 5.32 Å². The Morgan fingerprint density at radius 2 is 1.89 bits per heavy atom. The summed E-state index contributed by atoms with van der Waals surface area (Å²) in [5, 5.41) is 12.0. The normalized spacial score (nSPS) is 14.2. The van der Waals surface area contributed by atoms with Gasteiger partial charge in [-0.25, -0.2) is 0 Å². The summed E-state index contributed by atoms with van der Waals surface area (Å²) in [5.74, 6) is -0.000968. The molecule has 0 saturated heterocycles. The van der Waals surface area contributed by atoms with Crippen LogP contribution in [-0.2, 0) is 16.1 Å². The van der Waals surface area contributed by atoms with Crippen molar-refractivity contribution in [2.24, 2.45) is 5.92 Å². The highest BCUT2D eigenvalue weighted by atomic mass is 16.5. The van der Waals surface area contributed by atoms with Gasteiger partial charge in [0.25, 0.3) is 0 Å². The zero-order chi connectivity index (χ0) is 14.3. The van der Waals surface area contributed by atoms with E-state index in [4.69, 9.17) is 4.74 Å². The second kappa shape index (κ2) is 7.92. The lowest BCUT2D eigenvalue weighted by molar-refractivity contribution is -0.133. The van der Waals surface area contributed by atoms with E-state index in [1.165, 1.54) is 0 Å². The number of aliphatic hydroxyl groups excluding tert-OH is 1. The Bertz CT molecular complexity index is 378. The lowest BCUT2D eigenvalue weighted by Gasteiger charge is -2.22. The molecule has 0 saturated carbocycles. The standard InChI is InChI=1S/C15H23NO3/c1-11(2)14(9-17)16-15(18)12(3)19-10-13-7-5-4-6-8-13/h4-8,11-12,14,17H,9-10H2,1-3H3,(H,16,18). The molecular formula is C15H23NO3. The van der Waals surface area contributed by atoms with Crippen LogP contribution in [0.15, 0.2) is 30.3 Å². The molecule has 0 heterocycles. The molecule has 0 bridgehead atoms. The molecular weight excluding hydrogens is 242 g/mol. The Morgan fingerprint density at radius 3 is 2.42 bits per heavy atom. The van der Waals surface area contributed by atoms with E-state index in [0.29, 0.717) is 6.61 Å². The Hall–Kier alpha value is -1.39. The molecule has 0 spiro atoms. The van der Waals surface area contributed by atoms with E-state index >= 15 is 0 Å². The van der Waals surface area contributed by atoms with Crippen molar-refractivity contribution in [2.45, 2.75) is 39.5 Å². The second-order valence-corrected chi connectivity index (χ2v) is 4.98. The third kappa shape index (κ3) is 5.41. The van der Waals surface area contributed by atoms with E-state index in [2.05, 4.69) is 5.32 Å². The van der Waals surface area contributed by atoms with E-state index in [0.717, 1.165) is 5.56 Å². The first kappa shape index (κ1) is 15.7. The van der Waals surface area contributed by atoms with Crippen molar-refractivity contribution in [3.63, 3.8) is 0 Å². The quantitative estimate of drug-likeness (QED) is 0.789. The second-order valence-electron chi connectivity index (χ2n) is 4.98. The van der Waals surface area contributed by atoms with E-state index in [-0.39, 0.29) is 24.5 Å². The Labute approximate surface area is 114 Å². The predicted molar refractivity (Wildman–Crippen MR) is 74.5 cm³/mol. The van der Waals surface area contributed by atoms with Gasteiger partial charge < -0.3 is 15.2 Å². The first-order chi connectivity index (χ1) is 9.04. The number of amides is 1. The summed E-state index contributed by atoms with van der Waals surface area (Å²) in [6.45, 7) is 5.97. The Kier molecular flexibility index (Phi) is 6.53. The number of benzene rings is 1. The highest BCUT2D eigenvalue weighted by Crippen LogP contribution is 2.05. The minimum Gasteiger partial charge on any atom is -0.394 e. The van der Waals surface area contributed by atoms with Crippen molar-refractivity contribution in [3.05, 3.63) is 35.9 Å². The number of aliphatic hydroxyl groups is 1. The van der Waals surface area contributed by atoms with Gasteiger partial charge in [0.05, 0.1) is 19.3 Å². The van der Waals surface area contributed by atoms with Gasteiger partial charge >= 0.3 is 0 Å². The van der Waals surface area contributed by atoms with Crippen LogP contribution in [0.5, 0.6) is 0 Å². The smallest absolute Gasteiger partial charge is 0.249 e. The molecule has 2 atom stereocenters. The van der Waals surface area contributed by atoms with Gasteiger partial charge in [0.2, 0.25) is 5.91 Å². The van der Waals surface area contributed by atoms with Gasteiger partial charge in [-0.3, -0.25) is 4.79 Å². The van der Waals surface area contributed by atoms with Gasteiger partial charge in [-0.05, 0) is 18.4 Å². The molecule has 1 aromatic carbocycles. The third-order valence-corrected chi connectivity index (χ3v) is 3.04. The van der Waals surface area contributed by atoms with Gasteiger partial charge in [0, 0.05) is 0 Å². The molecule has 0 aliphatic carbocycles. The van der Waals surface area contributed by atoms with Crippen molar-refractivity contribution in [1.29, 1.82) is 0 Å². The molecule has 4 heteroatoms. The number of carbonyl (C=O) groups is 1. The van der Waals surface area contributed by atoms with Gasteiger partial charge in [0.15, 0.2) is 0 Å². The largest absolute Gasteiger partial charge is 0.394 e. The van der Waals surface area contributed by atoms with E-state index in [1.807, 2.05) is 44.2 Å². The van der Waals surface area contributed by atoms with Crippen molar-refractivity contribution in [2.75, 3.05) is 6.61 Å². The minimum absolute atomic E-state index is 0.0607. The van der Waals surface area contributed by atoms with Gasteiger partial charge in [-0.2, -0.15) is 0 Å². The summed E-state index contributed by atoms with van der Waals surface area (Å²) in [6, 6.07) is 9.49. The molecule has 0 radical (unpaired) electrons. The molecule has 0 fully saturated rings. The Morgan fingerprint density at radius 1 is 1.26 bits per heavy atom. The van der Waals surface area contributed by atoms with Crippen LogP contribution in [0.1, 0.15) is 26.3 Å². The van der Waals surface area contributed by atoms with E-state index in [1.54, 1.807) is 6.92 Å². The SMILES string of the molecule is CC(OCc1ccccc1)C(=O)NC(CO)C(C)C. The number of hydrogen-bond acceptors (Lipinski definition) is 3. The van der Waals surface area contributed by atoms with Gasteiger partial charge in [-0.1, -0.05) is 44.2 Å². The molecule has 1 rings (SSSR count). The topological polar surface area (TPSA) is 58.6 Å². The molecule has 1 amide bonds. The summed E-state index contributed by atoms with van der Waals surface area (Å²) < 4.78 is 5.52. The lowest BCUT2D eigenvalue weighted by atomic mass is 10.1. The summed E-state index contributed by atoms with van der Waals surface area (Å²) in [4.78, 5) is 11.9. The summed E-state index contributed by atoms with van der Waals surface area (Å²) in [6.07, 6.45) is -0.534. The van der Waals surface area contributed by atoms with Crippen LogP contribution in [0.2, 0.25) is 0 Å². The van der Waals surface area contributed by atoms with Crippen LogP contribution in [0.3, 0.4) is 0 Å².